The quantitative estimate of drug-likeness (QED) is 0.255. The number of anilines is 3. The Bertz CT molecular complexity index is 1610. The van der Waals surface area contributed by atoms with E-state index in [1.165, 1.54) is 0 Å². The van der Waals surface area contributed by atoms with E-state index in [0.29, 0.717) is 43.0 Å². The number of rotatable bonds is 10. The summed E-state index contributed by atoms with van der Waals surface area (Å²) in [6, 6.07) is 24.8. The van der Waals surface area contributed by atoms with Crippen LogP contribution >= 0.6 is 0 Å². The minimum atomic E-state index is -1.89. The molecule has 46 heavy (non-hydrogen) atoms. The van der Waals surface area contributed by atoms with Crippen LogP contribution in [0.4, 0.5) is 17.1 Å². The van der Waals surface area contributed by atoms with Crippen LogP contribution in [0.15, 0.2) is 91.0 Å². The Balaban J connectivity index is 1.22. The zero-order valence-corrected chi connectivity index (χ0v) is 26.1. The molecule has 2 fully saturated rings. The lowest BCUT2D eigenvalue weighted by molar-refractivity contribution is -0.137. The zero-order valence-electron chi connectivity index (χ0n) is 26.1. The van der Waals surface area contributed by atoms with E-state index in [1.54, 1.807) is 41.0 Å². The Hall–Kier alpha value is -4.51. The van der Waals surface area contributed by atoms with Gasteiger partial charge in [-0.3, -0.25) is 19.3 Å². The number of nitrogens with one attached hydrogen (secondary N) is 2. The van der Waals surface area contributed by atoms with E-state index in [-0.39, 0.29) is 31.4 Å². The highest BCUT2D eigenvalue weighted by Gasteiger charge is 2.54. The molecule has 2 saturated heterocycles. The molecule has 240 valence electrons. The molecule has 3 aliphatic heterocycles. The first-order valence-corrected chi connectivity index (χ1v) is 15.9. The van der Waals surface area contributed by atoms with E-state index in [0.717, 1.165) is 24.3 Å². The molecule has 0 unspecified atom stereocenters. The molecule has 10 nitrogen and oxygen atoms in total. The first-order valence-electron chi connectivity index (χ1n) is 15.9. The van der Waals surface area contributed by atoms with Gasteiger partial charge in [0, 0.05) is 48.1 Å². The molecule has 3 aromatic rings. The molecule has 4 N–H and O–H groups in total. The van der Waals surface area contributed by atoms with E-state index in [4.69, 9.17) is 0 Å². The van der Waals surface area contributed by atoms with Crippen molar-refractivity contribution in [1.82, 2.24) is 10.2 Å². The molecule has 0 aliphatic carbocycles. The van der Waals surface area contributed by atoms with E-state index < -0.39 is 23.0 Å². The van der Waals surface area contributed by atoms with Gasteiger partial charge in [0.05, 0.1) is 13.3 Å². The van der Waals surface area contributed by atoms with E-state index >= 15 is 0 Å². The second kappa shape index (κ2) is 13.1. The van der Waals surface area contributed by atoms with Crippen molar-refractivity contribution < 1.29 is 24.6 Å². The van der Waals surface area contributed by atoms with Crippen LogP contribution in [0.3, 0.4) is 0 Å². The maximum atomic E-state index is 14.2. The third-order valence-electron chi connectivity index (χ3n) is 9.58. The molecule has 0 aromatic heterocycles. The first kappa shape index (κ1) is 31.5. The third-order valence-corrected chi connectivity index (χ3v) is 9.58. The van der Waals surface area contributed by atoms with Gasteiger partial charge in [0.2, 0.25) is 5.91 Å². The second-order valence-electron chi connectivity index (χ2n) is 12.3. The number of hydrogen-bond acceptors (Lipinski definition) is 7. The number of benzene rings is 3. The molecule has 3 aromatic carbocycles. The van der Waals surface area contributed by atoms with Crippen LogP contribution in [0, 0.1) is 5.92 Å². The lowest BCUT2D eigenvalue weighted by Gasteiger charge is -2.39. The fourth-order valence-electron chi connectivity index (χ4n) is 6.94. The molecular weight excluding hydrogens is 582 g/mol. The summed E-state index contributed by atoms with van der Waals surface area (Å²) in [7, 11) is 0. The van der Waals surface area contributed by atoms with E-state index in [9.17, 15) is 24.6 Å². The molecule has 0 saturated carbocycles. The largest absolute Gasteiger partial charge is 0.395 e. The Kier molecular flexibility index (Phi) is 8.95. The van der Waals surface area contributed by atoms with Gasteiger partial charge in [-0.25, -0.2) is 0 Å². The summed E-state index contributed by atoms with van der Waals surface area (Å²) >= 11 is 0. The van der Waals surface area contributed by atoms with E-state index in [1.807, 2.05) is 66.7 Å². The van der Waals surface area contributed by atoms with Gasteiger partial charge in [-0.05, 0) is 61.8 Å². The van der Waals surface area contributed by atoms with Crippen LogP contribution in [0.1, 0.15) is 37.3 Å². The van der Waals surface area contributed by atoms with Crippen LogP contribution in [0.25, 0.3) is 0 Å². The summed E-state index contributed by atoms with van der Waals surface area (Å²) in [5.41, 5.74) is 0.867. The number of carbonyl (C=O) groups excluding carboxylic acids is 3. The van der Waals surface area contributed by atoms with Gasteiger partial charge in [-0.2, -0.15) is 0 Å². The summed E-state index contributed by atoms with van der Waals surface area (Å²) in [4.78, 5) is 46.0. The molecule has 0 radical (unpaired) electrons. The van der Waals surface area contributed by atoms with Crippen molar-refractivity contribution in [2.45, 2.75) is 43.9 Å². The van der Waals surface area contributed by atoms with Crippen molar-refractivity contribution in [1.29, 1.82) is 0 Å². The second-order valence-corrected chi connectivity index (χ2v) is 12.3. The number of para-hydroxylation sites is 1. The highest BCUT2D eigenvalue weighted by atomic mass is 16.3. The highest BCUT2D eigenvalue weighted by Crippen LogP contribution is 2.45. The topological polar surface area (TPSA) is 125 Å². The number of hydrogen-bond donors (Lipinski definition) is 4. The lowest BCUT2D eigenvalue weighted by Crippen LogP contribution is -2.55. The molecule has 1 spiro atoms. The minimum Gasteiger partial charge on any atom is -0.395 e. The van der Waals surface area contributed by atoms with Gasteiger partial charge >= 0.3 is 0 Å². The van der Waals surface area contributed by atoms with Gasteiger partial charge < -0.3 is 30.6 Å². The van der Waals surface area contributed by atoms with Crippen molar-refractivity contribution in [2.24, 2.45) is 5.92 Å². The van der Waals surface area contributed by atoms with Crippen LogP contribution in [-0.2, 0) is 26.5 Å². The monoisotopic (exact) mass is 623 g/mol. The Morgan fingerprint density at radius 3 is 2.39 bits per heavy atom. The smallest absolute Gasteiger partial charge is 0.261 e. The summed E-state index contributed by atoms with van der Waals surface area (Å²) in [6.07, 6.45) is 4.75. The molecule has 3 heterocycles. The van der Waals surface area contributed by atoms with Crippen LogP contribution < -0.4 is 20.4 Å². The van der Waals surface area contributed by atoms with Gasteiger partial charge in [0.1, 0.15) is 5.54 Å². The molecular formula is C36H41N5O5. The number of aliphatic hydroxyl groups excluding tert-OH is 1. The summed E-state index contributed by atoms with van der Waals surface area (Å²) in [5.74, 6) is -1.40. The van der Waals surface area contributed by atoms with Crippen molar-refractivity contribution in [3.05, 3.63) is 102 Å². The van der Waals surface area contributed by atoms with Crippen molar-refractivity contribution in [2.75, 3.05) is 48.0 Å². The number of nitrogens with zero attached hydrogens (tertiary/aromatic N) is 3. The van der Waals surface area contributed by atoms with Crippen LogP contribution in [0.2, 0.25) is 0 Å². The Morgan fingerprint density at radius 2 is 1.70 bits per heavy atom. The number of amides is 3. The molecule has 3 aliphatic rings. The first-order chi connectivity index (χ1) is 22.3. The van der Waals surface area contributed by atoms with Crippen LogP contribution in [-0.4, -0.2) is 71.3 Å². The van der Waals surface area contributed by atoms with Gasteiger partial charge in [0.25, 0.3) is 11.8 Å². The van der Waals surface area contributed by atoms with Crippen LogP contribution in [0.5, 0.6) is 0 Å². The van der Waals surface area contributed by atoms with E-state index in [2.05, 4.69) is 15.5 Å². The predicted molar refractivity (Wildman–Crippen MR) is 177 cm³/mol. The zero-order chi connectivity index (χ0) is 32.3. The van der Waals surface area contributed by atoms with Gasteiger partial charge in [-0.15, -0.1) is 0 Å². The average molecular weight is 624 g/mol. The Morgan fingerprint density at radius 1 is 1.00 bits per heavy atom. The number of aliphatic hydroxyl groups is 2. The maximum Gasteiger partial charge on any atom is 0.261 e. The lowest BCUT2D eigenvalue weighted by atomic mass is 9.82. The van der Waals surface area contributed by atoms with Crippen molar-refractivity contribution >= 4 is 34.8 Å². The fraction of sp³-hybridized carbons (Fsp3) is 0.361. The van der Waals surface area contributed by atoms with Gasteiger partial charge in [0.15, 0.2) is 5.60 Å². The SMILES string of the molecule is C[C@@H](/C=C/CC(=O)N(CCO)Cc1ccccc1)[C@]1(O)C(=O)Nc2ccc(N3CN(c4ccccc4)C4(CCNCC4)C3=O)cc21. The number of carbonyl (C=O) groups is 3. The Labute approximate surface area is 269 Å². The fourth-order valence-corrected chi connectivity index (χ4v) is 6.94. The van der Waals surface area contributed by atoms with Crippen molar-refractivity contribution in [3.63, 3.8) is 0 Å². The number of piperidine rings is 1. The molecule has 6 rings (SSSR count). The highest BCUT2D eigenvalue weighted by molar-refractivity contribution is 6.08. The minimum absolute atomic E-state index is 0.00742. The summed E-state index contributed by atoms with van der Waals surface area (Å²) in [6.45, 7) is 3.99. The predicted octanol–water partition coefficient (Wildman–Crippen LogP) is 3.36. The number of fused-ring (bicyclic) bond motifs is 1. The normalized spacial score (nSPS) is 21.1. The average Bonchev–Trinajstić information content (AvgIpc) is 3.50. The summed E-state index contributed by atoms with van der Waals surface area (Å²) in [5, 5.41) is 27.6. The summed E-state index contributed by atoms with van der Waals surface area (Å²) < 4.78 is 0. The molecule has 3 amide bonds. The standard InChI is InChI=1S/C36H41N5O5/c1-26(9-8-14-32(43)39(21-22-42)24-27-10-4-2-5-11-27)36(46)30-23-29(15-16-31(30)38-33(36)44)40-25-41(28-12-6-3-7-13-28)35(34(40)45)17-19-37-20-18-35/h2-13,15-16,23,26,37,42,46H,14,17-22,24-25H2,1H3,(H,38,44)/b9-8+/t26-,36+/m0/s1. The van der Waals surface area contributed by atoms with Gasteiger partial charge in [-0.1, -0.05) is 67.6 Å². The molecule has 0 bridgehead atoms. The molecule has 2 atom stereocenters. The molecule has 10 heteroatoms. The maximum absolute atomic E-state index is 14.2. The van der Waals surface area contributed by atoms with Crippen molar-refractivity contribution in [3.8, 4) is 0 Å². The third kappa shape index (κ3) is 5.68.